The number of benzene rings is 2. The van der Waals surface area contributed by atoms with Gasteiger partial charge in [0.25, 0.3) is 0 Å². The minimum Gasteiger partial charge on any atom is -0.338 e. The second-order valence-electron chi connectivity index (χ2n) is 4.24. The van der Waals surface area contributed by atoms with Gasteiger partial charge in [-0.25, -0.2) is 13.8 Å². The van der Waals surface area contributed by atoms with Gasteiger partial charge in [0.2, 0.25) is 0 Å². The average Bonchev–Trinajstić information content (AvgIpc) is 2.88. The molecule has 0 bridgehead atoms. The topological polar surface area (TPSA) is 54.7 Å². The fourth-order valence-corrected chi connectivity index (χ4v) is 1.95. The van der Waals surface area contributed by atoms with E-state index in [1.807, 2.05) is 24.3 Å². The van der Waals surface area contributed by atoms with Crippen LogP contribution in [0.2, 0.25) is 0 Å². The quantitative estimate of drug-likeness (QED) is 0.743. The van der Waals surface area contributed by atoms with Gasteiger partial charge in [-0.15, -0.1) is 0 Å². The molecule has 3 nitrogen and oxygen atoms in total. The third kappa shape index (κ3) is 1.98. The number of aromatic amines is 1. The maximum absolute atomic E-state index is 13.6. The molecule has 0 aliphatic carbocycles. The number of nitrogens with two attached hydrogens (primary N) is 1. The predicted octanol–water partition coefficient (Wildman–Crippen LogP) is 2.97. The second kappa shape index (κ2) is 4.44. The van der Waals surface area contributed by atoms with Crippen LogP contribution >= 0.6 is 0 Å². The fourth-order valence-electron chi connectivity index (χ4n) is 1.95. The summed E-state index contributed by atoms with van der Waals surface area (Å²) in [5.41, 5.74) is 7.80. The number of nitrogens with one attached hydrogen (secondary N) is 1. The lowest BCUT2D eigenvalue weighted by molar-refractivity contribution is 0.515. The monoisotopic (exact) mass is 259 g/mol. The summed E-state index contributed by atoms with van der Waals surface area (Å²) >= 11 is 0. The molecule has 3 aromatic rings. The Bertz CT molecular complexity index is 732. The molecule has 0 saturated carbocycles. The molecule has 19 heavy (non-hydrogen) atoms. The Morgan fingerprint density at radius 3 is 2.47 bits per heavy atom. The van der Waals surface area contributed by atoms with Gasteiger partial charge in [-0.1, -0.05) is 24.3 Å². The molecule has 0 unspecified atom stereocenters. The van der Waals surface area contributed by atoms with Crippen molar-refractivity contribution in [1.82, 2.24) is 9.97 Å². The number of hydrogen-bond donors (Lipinski definition) is 2. The second-order valence-corrected chi connectivity index (χ2v) is 4.24. The van der Waals surface area contributed by atoms with Crippen molar-refractivity contribution in [3.05, 3.63) is 53.6 Å². The summed E-state index contributed by atoms with van der Waals surface area (Å²) in [4.78, 5) is 7.07. The van der Waals surface area contributed by atoms with Crippen LogP contribution in [-0.2, 0) is 6.54 Å². The molecule has 3 rings (SSSR count). The van der Waals surface area contributed by atoms with E-state index in [-0.39, 0.29) is 5.52 Å². The summed E-state index contributed by atoms with van der Waals surface area (Å²) < 4.78 is 26.7. The summed E-state index contributed by atoms with van der Waals surface area (Å²) in [5, 5.41) is 0. The van der Waals surface area contributed by atoms with Crippen molar-refractivity contribution >= 4 is 11.0 Å². The third-order valence-corrected chi connectivity index (χ3v) is 3.01. The van der Waals surface area contributed by atoms with E-state index in [4.69, 9.17) is 5.73 Å². The van der Waals surface area contributed by atoms with Gasteiger partial charge in [-0.2, -0.15) is 0 Å². The maximum Gasteiger partial charge on any atom is 0.186 e. The number of fused-ring (bicyclic) bond motifs is 1. The van der Waals surface area contributed by atoms with Crippen molar-refractivity contribution in [2.45, 2.75) is 6.54 Å². The van der Waals surface area contributed by atoms with E-state index in [0.717, 1.165) is 17.2 Å². The van der Waals surface area contributed by atoms with E-state index < -0.39 is 11.6 Å². The van der Waals surface area contributed by atoms with Gasteiger partial charge in [0.15, 0.2) is 11.6 Å². The summed E-state index contributed by atoms with van der Waals surface area (Å²) in [6.45, 7) is 0.459. The minimum atomic E-state index is -0.932. The summed E-state index contributed by atoms with van der Waals surface area (Å²) in [5.74, 6) is -1.33. The molecule has 1 aromatic heterocycles. The number of H-pyrrole nitrogens is 1. The number of halogens is 2. The van der Waals surface area contributed by atoms with E-state index in [2.05, 4.69) is 9.97 Å². The van der Waals surface area contributed by atoms with Crippen molar-refractivity contribution in [1.29, 1.82) is 0 Å². The lowest BCUT2D eigenvalue weighted by Crippen LogP contribution is -1.95. The number of aromatic nitrogens is 2. The van der Waals surface area contributed by atoms with Crippen molar-refractivity contribution < 1.29 is 8.78 Å². The molecule has 0 aliphatic heterocycles. The Balaban J connectivity index is 2.12. The van der Waals surface area contributed by atoms with Gasteiger partial charge >= 0.3 is 0 Å². The first-order chi connectivity index (χ1) is 9.19. The molecular formula is C14H11F2N3. The highest BCUT2D eigenvalue weighted by molar-refractivity contribution is 5.80. The highest BCUT2D eigenvalue weighted by Gasteiger charge is 2.12. The summed E-state index contributed by atoms with van der Waals surface area (Å²) in [7, 11) is 0. The van der Waals surface area contributed by atoms with Crippen LogP contribution in [0.4, 0.5) is 8.78 Å². The zero-order valence-electron chi connectivity index (χ0n) is 9.95. The van der Waals surface area contributed by atoms with Crippen LogP contribution in [0.3, 0.4) is 0 Å². The van der Waals surface area contributed by atoms with Crippen molar-refractivity contribution in [2.24, 2.45) is 5.73 Å². The van der Waals surface area contributed by atoms with Crippen molar-refractivity contribution in [3.8, 4) is 11.4 Å². The molecule has 0 saturated heterocycles. The summed E-state index contributed by atoms with van der Waals surface area (Å²) in [6.07, 6.45) is 0. The fraction of sp³-hybridized carbons (Fsp3) is 0.0714. The van der Waals surface area contributed by atoms with Crippen LogP contribution in [0.15, 0.2) is 36.4 Å². The molecule has 3 N–H and O–H groups in total. The van der Waals surface area contributed by atoms with E-state index in [1.54, 1.807) is 0 Å². The van der Waals surface area contributed by atoms with Gasteiger partial charge in [0.1, 0.15) is 11.3 Å². The molecule has 2 aromatic carbocycles. The average molecular weight is 259 g/mol. The SMILES string of the molecule is NCc1ccc(-c2nc3c(F)c(F)ccc3[nH]2)cc1. The van der Waals surface area contributed by atoms with Crippen LogP contribution in [-0.4, -0.2) is 9.97 Å². The zero-order valence-corrected chi connectivity index (χ0v) is 9.95. The Hall–Kier alpha value is -2.27. The van der Waals surface area contributed by atoms with Crippen LogP contribution < -0.4 is 5.73 Å². The molecule has 1 heterocycles. The normalized spacial score (nSPS) is 11.1. The van der Waals surface area contributed by atoms with E-state index in [1.165, 1.54) is 6.07 Å². The summed E-state index contributed by atoms with van der Waals surface area (Å²) in [6, 6.07) is 9.98. The highest BCUT2D eigenvalue weighted by Crippen LogP contribution is 2.23. The molecule has 0 atom stereocenters. The van der Waals surface area contributed by atoms with Gasteiger partial charge in [-0.3, -0.25) is 0 Å². The first kappa shape index (κ1) is 11.8. The Kier molecular flexibility index (Phi) is 2.76. The molecule has 0 spiro atoms. The van der Waals surface area contributed by atoms with Gasteiger partial charge < -0.3 is 10.7 Å². The zero-order chi connectivity index (χ0) is 13.4. The number of imidazole rings is 1. The number of nitrogens with zero attached hydrogens (tertiary/aromatic N) is 1. The molecule has 0 amide bonds. The van der Waals surface area contributed by atoms with Crippen LogP contribution in [0, 0.1) is 11.6 Å². The molecule has 0 fully saturated rings. The molecule has 0 radical (unpaired) electrons. The van der Waals surface area contributed by atoms with E-state index >= 15 is 0 Å². The highest BCUT2D eigenvalue weighted by atomic mass is 19.2. The van der Waals surface area contributed by atoms with Gasteiger partial charge in [0.05, 0.1) is 5.52 Å². The largest absolute Gasteiger partial charge is 0.338 e. The Morgan fingerprint density at radius 1 is 1.05 bits per heavy atom. The first-order valence-electron chi connectivity index (χ1n) is 5.82. The van der Waals surface area contributed by atoms with Gasteiger partial charge in [0, 0.05) is 12.1 Å². The Morgan fingerprint density at radius 2 is 1.79 bits per heavy atom. The van der Waals surface area contributed by atoms with Crippen LogP contribution in [0.1, 0.15) is 5.56 Å². The van der Waals surface area contributed by atoms with Gasteiger partial charge in [-0.05, 0) is 17.7 Å². The molecule has 96 valence electrons. The van der Waals surface area contributed by atoms with E-state index in [0.29, 0.717) is 17.9 Å². The van der Waals surface area contributed by atoms with Crippen molar-refractivity contribution in [2.75, 3.05) is 0 Å². The van der Waals surface area contributed by atoms with Crippen LogP contribution in [0.5, 0.6) is 0 Å². The molecule has 0 aliphatic rings. The smallest absolute Gasteiger partial charge is 0.186 e. The molecule has 5 heteroatoms. The molecular weight excluding hydrogens is 248 g/mol. The lowest BCUT2D eigenvalue weighted by atomic mass is 10.1. The standard InChI is InChI=1S/C14H11F2N3/c15-10-5-6-11-13(12(10)16)19-14(18-11)9-3-1-8(7-17)2-4-9/h1-6H,7,17H2,(H,18,19). The minimum absolute atomic E-state index is 0.0119. The van der Waals surface area contributed by atoms with E-state index in [9.17, 15) is 8.78 Å². The number of rotatable bonds is 2. The Labute approximate surface area is 108 Å². The lowest BCUT2D eigenvalue weighted by Gasteiger charge is -1.98. The van der Waals surface area contributed by atoms with Crippen LogP contribution in [0.25, 0.3) is 22.4 Å². The maximum atomic E-state index is 13.6. The van der Waals surface area contributed by atoms with Crippen molar-refractivity contribution in [3.63, 3.8) is 0 Å². The first-order valence-corrected chi connectivity index (χ1v) is 5.82. The number of hydrogen-bond acceptors (Lipinski definition) is 2. The third-order valence-electron chi connectivity index (χ3n) is 3.01. The predicted molar refractivity (Wildman–Crippen MR) is 69.3 cm³/mol.